The number of rotatable bonds is 3. The molecule has 1 aromatic rings. The molecule has 10 heteroatoms. The number of nitrogens with one attached hydrogen (secondary N) is 1. The molecule has 1 aromatic carbocycles. The van der Waals surface area contributed by atoms with Gasteiger partial charge in [0.2, 0.25) is 10.0 Å². The Balaban J connectivity index is 2.47. The monoisotopic (exact) mass is 326 g/mol. The Morgan fingerprint density at radius 2 is 1.70 bits per heavy atom. The molecule has 0 bridgehead atoms. The summed E-state index contributed by atoms with van der Waals surface area (Å²) in [6, 6.07) is 2.05. The highest BCUT2D eigenvalue weighted by Gasteiger charge is 2.28. The van der Waals surface area contributed by atoms with E-state index in [0.29, 0.717) is 25.2 Å². The zero-order chi connectivity index (χ0) is 15.0. The fraction of sp³-hybridized carbons (Fsp3) is 0.400. The molecule has 1 heterocycles. The van der Waals surface area contributed by atoms with Crippen molar-refractivity contribution in [3.63, 3.8) is 0 Å². The van der Waals surface area contributed by atoms with Crippen LogP contribution in [0.4, 0.5) is 8.28 Å². The summed E-state index contributed by atoms with van der Waals surface area (Å²) in [5, 5.41) is 2.96. The van der Waals surface area contributed by atoms with Crippen LogP contribution in [0.25, 0.3) is 0 Å². The molecule has 112 valence electrons. The molecule has 0 saturated carbocycles. The van der Waals surface area contributed by atoms with Crippen molar-refractivity contribution in [1.29, 1.82) is 0 Å². The maximum Gasteiger partial charge on any atom is 0.335 e. The number of sulfonamides is 1. The molecule has 20 heavy (non-hydrogen) atoms. The van der Waals surface area contributed by atoms with Crippen LogP contribution in [-0.4, -0.2) is 47.3 Å². The van der Waals surface area contributed by atoms with Gasteiger partial charge in [0.05, 0.1) is 4.90 Å². The van der Waals surface area contributed by atoms with Crippen LogP contribution in [0.2, 0.25) is 0 Å². The lowest BCUT2D eigenvalue weighted by Crippen LogP contribution is -2.46. The number of benzene rings is 1. The van der Waals surface area contributed by atoms with Gasteiger partial charge in [-0.25, -0.2) is 12.8 Å². The number of piperazine rings is 1. The van der Waals surface area contributed by atoms with E-state index in [1.807, 2.05) is 0 Å². The van der Waals surface area contributed by atoms with Gasteiger partial charge in [-0.1, -0.05) is 0 Å². The van der Waals surface area contributed by atoms with Crippen molar-refractivity contribution in [3.05, 3.63) is 24.0 Å². The van der Waals surface area contributed by atoms with E-state index in [9.17, 15) is 25.1 Å². The minimum Gasteiger partial charge on any atom is -0.314 e. The van der Waals surface area contributed by atoms with Crippen LogP contribution in [0.3, 0.4) is 0 Å². The predicted molar refractivity (Wildman–Crippen MR) is 66.3 cm³/mol. The van der Waals surface area contributed by atoms with Crippen LogP contribution >= 0.6 is 0 Å². The molecule has 1 aliphatic rings. The van der Waals surface area contributed by atoms with Crippen molar-refractivity contribution in [1.82, 2.24) is 9.62 Å². The molecule has 0 amide bonds. The van der Waals surface area contributed by atoms with E-state index >= 15 is 0 Å². The topological polar surface area (TPSA) is 83.5 Å². The second-order valence-corrected chi connectivity index (χ2v) is 7.44. The summed E-state index contributed by atoms with van der Waals surface area (Å²) in [5.41, 5.74) is 0. The average molecular weight is 326 g/mol. The zero-order valence-corrected chi connectivity index (χ0v) is 11.8. The first kappa shape index (κ1) is 15.3. The van der Waals surface area contributed by atoms with Crippen molar-refractivity contribution >= 4 is 20.2 Å². The molecule has 1 saturated heterocycles. The van der Waals surface area contributed by atoms with Gasteiger partial charge in [-0.05, 0) is 18.2 Å². The third-order valence-corrected chi connectivity index (χ3v) is 5.61. The van der Waals surface area contributed by atoms with Crippen LogP contribution in [0.15, 0.2) is 28.0 Å². The summed E-state index contributed by atoms with van der Waals surface area (Å²) in [5.74, 6) is -1.33. The predicted octanol–water partition coefficient (Wildman–Crippen LogP) is 0.0778. The largest absolute Gasteiger partial charge is 0.335 e. The van der Waals surface area contributed by atoms with Gasteiger partial charge in [0.25, 0.3) is 0 Å². The van der Waals surface area contributed by atoms with E-state index < -0.39 is 35.9 Å². The van der Waals surface area contributed by atoms with Crippen LogP contribution < -0.4 is 5.32 Å². The second kappa shape index (κ2) is 5.35. The average Bonchev–Trinajstić information content (AvgIpc) is 2.38. The smallest absolute Gasteiger partial charge is 0.314 e. The first-order valence-corrected chi connectivity index (χ1v) is 8.50. The quantitative estimate of drug-likeness (QED) is 0.795. The Morgan fingerprint density at radius 3 is 2.25 bits per heavy atom. The van der Waals surface area contributed by atoms with Crippen LogP contribution in [0.5, 0.6) is 0 Å². The van der Waals surface area contributed by atoms with Crippen molar-refractivity contribution in [2.45, 2.75) is 9.79 Å². The fourth-order valence-corrected chi connectivity index (χ4v) is 3.98. The van der Waals surface area contributed by atoms with E-state index in [4.69, 9.17) is 0 Å². The summed E-state index contributed by atoms with van der Waals surface area (Å²) < 4.78 is 73.3. The maximum atomic E-state index is 13.3. The van der Waals surface area contributed by atoms with Crippen LogP contribution in [0.1, 0.15) is 0 Å². The highest BCUT2D eigenvalue weighted by atomic mass is 32.3. The summed E-state index contributed by atoms with van der Waals surface area (Å²) >= 11 is 0. The number of halogens is 2. The zero-order valence-electron chi connectivity index (χ0n) is 10.2. The fourth-order valence-electron chi connectivity index (χ4n) is 1.86. The SMILES string of the molecule is O=S(=O)(F)c1cc(S(=O)(=O)N2CCNCC2)ccc1F. The Kier molecular flexibility index (Phi) is 4.09. The molecule has 0 aliphatic carbocycles. The van der Waals surface area contributed by atoms with Gasteiger partial charge in [0.1, 0.15) is 10.7 Å². The van der Waals surface area contributed by atoms with Gasteiger partial charge in [-0.15, -0.1) is 3.89 Å². The highest BCUT2D eigenvalue weighted by molar-refractivity contribution is 7.89. The first-order chi connectivity index (χ1) is 9.23. The molecule has 1 N–H and O–H groups in total. The second-order valence-electron chi connectivity index (χ2n) is 4.18. The number of hydrogen-bond acceptors (Lipinski definition) is 5. The Morgan fingerprint density at radius 1 is 1.10 bits per heavy atom. The molecule has 0 spiro atoms. The first-order valence-electron chi connectivity index (χ1n) is 5.68. The lowest BCUT2D eigenvalue weighted by Gasteiger charge is -2.26. The van der Waals surface area contributed by atoms with Gasteiger partial charge in [0, 0.05) is 26.2 Å². The van der Waals surface area contributed by atoms with Crippen molar-refractivity contribution in [2.75, 3.05) is 26.2 Å². The normalized spacial score (nSPS) is 18.1. The Labute approximate surface area is 115 Å². The van der Waals surface area contributed by atoms with Crippen LogP contribution in [-0.2, 0) is 20.2 Å². The minimum atomic E-state index is -5.32. The van der Waals surface area contributed by atoms with E-state index in [2.05, 4.69) is 5.32 Å². The molecule has 0 radical (unpaired) electrons. The van der Waals surface area contributed by atoms with Gasteiger partial charge in [-0.2, -0.15) is 12.7 Å². The molecule has 6 nitrogen and oxygen atoms in total. The molecule has 0 aromatic heterocycles. The van der Waals surface area contributed by atoms with Gasteiger partial charge in [-0.3, -0.25) is 0 Å². The molecule has 0 atom stereocenters. The molecule has 1 fully saturated rings. The third kappa shape index (κ3) is 2.97. The lowest BCUT2D eigenvalue weighted by atomic mass is 10.3. The van der Waals surface area contributed by atoms with Gasteiger partial charge >= 0.3 is 10.2 Å². The van der Waals surface area contributed by atoms with E-state index in [-0.39, 0.29) is 13.1 Å². The van der Waals surface area contributed by atoms with E-state index in [1.165, 1.54) is 0 Å². The highest BCUT2D eigenvalue weighted by Crippen LogP contribution is 2.23. The molecule has 0 unspecified atom stereocenters. The van der Waals surface area contributed by atoms with Crippen LogP contribution in [0, 0.1) is 5.82 Å². The summed E-state index contributed by atoms with van der Waals surface area (Å²) in [6.45, 7) is 1.32. The van der Waals surface area contributed by atoms with E-state index in [0.717, 1.165) is 10.4 Å². The Hall–Kier alpha value is -1.10. The summed E-state index contributed by atoms with van der Waals surface area (Å²) in [4.78, 5) is -1.72. The molecular weight excluding hydrogens is 314 g/mol. The van der Waals surface area contributed by atoms with Gasteiger partial charge < -0.3 is 5.32 Å². The number of hydrogen-bond donors (Lipinski definition) is 1. The van der Waals surface area contributed by atoms with E-state index in [1.54, 1.807) is 0 Å². The molecule has 2 rings (SSSR count). The summed E-state index contributed by atoms with van der Waals surface area (Å²) in [6.07, 6.45) is 0. The molecular formula is C10H12F2N2O4S2. The molecule has 1 aliphatic heterocycles. The maximum absolute atomic E-state index is 13.3. The summed E-state index contributed by atoms with van der Waals surface area (Å²) in [7, 11) is -9.28. The van der Waals surface area contributed by atoms with Crippen molar-refractivity contribution in [2.24, 2.45) is 0 Å². The lowest BCUT2D eigenvalue weighted by molar-refractivity contribution is 0.360. The number of nitrogens with zero attached hydrogens (tertiary/aromatic N) is 1. The van der Waals surface area contributed by atoms with Gasteiger partial charge in [0.15, 0.2) is 0 Å². The standard InChI is InChI=1S/C10H12F2N2O4S2/c11-9-2-1-8(7-10(9)19(12,15)16)20(17,18)14-5-3-13-4-6-14/h1-2,7,13H,3-6H2. The van der Waals surface area contributed by atoms with Crippen molar-refractivity contribution in [3.8, 4) is 0 Å². The Bertz CT molecular complexity index is 713. The minimum absolute atomic E-state index is 0.206. The third-order valence-electron chi connectivity index (χ3n) is 2.88. The van der Waals surface area contributed by atoms with Crippen molar-refractivity contribution < 1.29 is 25.1 Å².